The summed E-state index contributed by atoms with van der Waals surface area (Å²) in [5.41, 5.74) is 1.55. The lowest BCUT2D eigenvalue weighted by Gasteiger charge is -2.06. The second-order valence-corrected chi connectivity index (χ2v) is 5.26. The Balaban J connectivity index is 1.88. The average Bonchev–Trinajstić information content (AvgIpc) is 2.94. The molecule has 1 aliphatic rings. The SMILES string of the molecule is O=C(Cc1cccs1)C1C(=O)Nc2ccccc21. The zero-order valence-corrected chi connectivity index (χ0v) is 10.4. The van der Waals surface area contributed by atoms with Crippen LogP contribution in [-0.4, -0.2) is 11.7 Å². The van der Waals surface area contributed by atoms with Crippen LogP contribution in [0.25, 0.3) is 0 Å². The Morgan fingerprint density at radius 1 is 1.22 bits per heavy atom. The van der Waals surface area contributed by atoms with Gasteiger partial charge in [-0.25, -0.2) is 0 Å². The van der Waals surface area contributed by atoms with Gasteiger partial charge in [-0.2, -0.15) is 0 Å². The first-order chi connectivity index (χ1) is 8.75. The molecule has 3 nitrogen and oxygen atoms in total. The monoisotopic (exact) mass is 257 g/mol. The van der Waals surface area contributed by atoms with Crippen molar-refractivity contribution in [2.45, 2.75) is 12.3 Å². The molecule has 1 amide bonds. The predicted molar refractivity (Wildman–Crippen MR) is 70.8 cm³/mol. The summed E-state index contributed by atoms with van der Waals surface area (Å²) in [6, 6.07) is 11.2. The number of hydrogen-bond donors (Lipinski definition) is 1. The predicted octanol–water partition coefficient (Wildman–Crippen LogP) is 2.60. The molecule has 0 bridgehead atoms. The number of fused-ring (bicyclic) bond motifs is 1. The Labute approximate surface area is 108 Å². The number of anilines is 1. The van der Waals surface area contributed by atoms with E-state index in [4.69, 9.17) is 0 Å². The van der Waals surface area contributed by atoms with E-state index >= 15 is 0 Å². The van der Waals surface area contributed by atoms with Gasteiger partial charge in [0.2, 0.25) is 5.91 Å². The Morgan fingerprint density at radius 2 is 2.06 bits per heavy atom. The van der Waals surface area contributed by atoms with Gasteiger partial charge in [0.15, 0.2) is 5.78 Å². The molecule has 0 fully saturated rings. The first kappa shape index (κ1) is 11.2. The lowest BCUT2D eigenvalue weighted by Crippen LogP contribution is -2.22. The molecule has 0 radical (unpaired) electrons. The Morgan fingerprint density at radius 3 is 2.83 bits per heavy atom. The third-order valence-electron chi connectivity index (χ3n) is 3.04. The van der Waals surface area contributed by atoms with E-state index in [9.17, 15) is 9.59 Å². The number of nitrogens with one attached hydrogen (secondary N) is 1. The van der Waals surface area contributed by atoms with Gasteiger partial charge in [0, 0.05) is 17.0 Å². The van der Waals surface area contributed by atoms with Crippen LogP contribution in [0.15, 0.2) is 41.8 Å². The number of para-hydroxylation sites is 1. The number of hydrogen-bond acceptors (Lipinski definition) is 3. The standard InChI is InChI=1S/C14H11NO2S/c16-12(8-9-4-3-7-18-9)13-10-5-1-2-6-11(10)15-14(13)17/h1-7,13H,8H2,(H,15,17). The maximum absolute atomic E-state index is 12.2. The zero-order valence-electron chi connectivity index (χ0n) is 9.55. The number of thiophene rings is 1. The molecular weight excluding hydrogens is 246 g/mol. The second-order valence-electron chi connectivity index (χ2n) is 4.23. The number of rotatable bonds is 3. The van der Waals surface area contributed by atoms with Crippen molar-refractivity contribution in [2.75, 3.05) is 5.32 Å². The summed E-state index contributed by atoms with van der Waals surface area (Å²) >= 11 is 1.54. The topological polar surface area (TPSA) is 46.2 Å². The quantitative estimate of drug-likeness (QED) is 0.859. The molecule has 90 valence electrons. The van der Waals surface area contributed by atoms with Gasteiger partial charge >= 0.3 is 0 Å². The largest absolute Gasteiger partial charge is 0.325 e. The van der Waals surface area contributed by atoms with Crippen LogP contribution >= 0.6 is 11.3 Å². The fourth-order valence-corrected chi connectivity index (χ4v) is 2.93. The highest BCUT2D eigenvalue weighted by Gasteiger charge is 2.35. The van der Waals surface area contributed by atoms with E-state index in [-0.39, 0.29) is 11.7 Å². The van der Waals surface area contributed by atoms with E-state index < -0.39 is 5.92 Å². The molecular formula is C14H11NO2S. The number of carbonyl (C=O) groups is 2. The zero-order chi connectivity index (χ0) is 12.5. The molecule has 2 aromatic rings. The summed E-state index contributed by atoms with van der Waals surface area (Å²) in [6.45, 7) is 0. The van der Waals surface area contributed by atoms with Gasteiger partial charge in [0.25, 0.3) is 0 Å². The van der Waals surface area contributed by atoms with Crippen molar-refractivity contribution in [1.82, 2.24) is 0 Å². The second kappa shape index (κ2) is 4.38. The third kappa shape index (κ3) is 1.84. The molecule has 1 atom stereocenters. The minimum absolute atomic E-state index is 0.0418. The normalized spacial score (nSPS) is 17.3. The van der Waals surface area contributed by atoms with E-state index in [0.717, 1.165) is 16.1 Å². The summed E-state index contributed by atoms with van der Waals surface area (Å²) in [6.07, 6.45) is 0.323. The summed E-state index contributed by atoms with van der Waals surface area (Å²) in [4.78, 5) is 25.1. The van der Waals surface area contributed by atoms with Gasteiger partial charge in [-0.15, -0.1) is 11.3 Å². The molecule has 1 unspecified atom stereocenters. The summed E-state index contributed by atoms with van der Waals surface area (Å²) in [5.74, 6) is -0.902. The Kier molecular flexibility index (Phi) is 2.72. The van der Waals surface area contributed by atoms with E-state index in [2.05, 4.69) is 5.32 Å². The number of benzene rings is 1. The molecule has 2 heterocycles. The summed E-state index contributed by atoms with van der Waals surface area (Å²) < 4.78 is 0. The van der Waals surface area contributed by atoms with Crippen molar-refractivity contribution in [3.63, 3.8) is 0 Å². The summed E-state index contributed by atoms with van der Waals surface area (Å²) in [5, 5.41) is 4.69. The molecule has 0 aliphatic carbocycles. The molecule has 1 N–H and O–H groups in total. The molecule has 4 heteroatoms. The molecule has 0 saturated carbocycles. The van der Waals surface area contributed by atoms with Crippen LogP contribution in [0.2, 0.25) is 0 Å². The van der Waals surface area contributed by atoms with Crippen LogP contribution in [0.3, 0.4) is 0 Å². The maximum atomic E-state index is 12.2. The minimum atomic E-state index is -0.650. The van der Waals surface area contributed by atoms with Crippen LogP contribution in [0.1, 0.15) is 16.4 Å². The van der Waals surface area contributed by atoms with Crippen molar-refractivity contribution in [3.05, 3.63) is 52.2 Å². The number of ketones is 1. The molecule has 1 aromatic carbocycles. The smallest absolute Gasteiger partial charge is 0.239 e. The average molecular weight is 257 g/mol. The van der Waals surface area contributed by atoms with Crippen LogP contribution in [0, 0.1) is 0 Å². The number of carbonyl (C=O) groups excluding carboxylic acids is 2. The van der Waals surface area contributed by atoms with Crippen LogP contribution in [0.4, 0.5) is 5.69 Å². The van der Waals surface area contributed by atoms with Crippen molar-refractivity contribution in [2.24, 2.45) is 0 Å². The van der Waals surface area contributed by atoms with Crippen LogP contribution < -0.4 is 5.32 Å². The van der Waals surface area contributed by atoms with Gasteiger partial charge in [0.1, 0.15) is 5.92 Å². The minimum Gasteiger partial charge on any atom is -0.325 e. The lowest BCUT2D eigenvalue weighted by atomic mass is 9.94. The molecule has 18 heavy (non-hydrogen) atoms. The van der Waals surface area contributed by atoms with E-state index in [1.807, 2.05) is 41.8 Å². The van der Waals surface area contributed by atoms with Crippen molar-refractivity contribution in [3.8, 4) is 0 Å². The van der Waals surface area contributed by atoms with Gasteiger partial charge < -0.3 is 5.32 Å². The fourth-order valence-electron chi connectivity index (χ4n) is 2.22. The van der Waals surface area contributed by atoms with Gasteiger partial charge in [0.05, 0.1) is 0 Å². The van der Waals surface area contributed by atoms with Crippen molar-refractivity contribution < 1.29 is 9.59 Å². The fraction of sp³-hybridized carbons (Fsp3) is 0.143. The molecule has 0 spiro atoms. The van der Waals surface area contributed by atoms with E-state index in [1.165, 1.54) is 0 Å². The highest BCUT2D eigenvalue weighted by molar-refractivity contribution is 7.10. The lowest BCUT2D eigenvalue weighted by molar-refractivity contribution is -0.126. The number of Topliss-reactive ketones (excluding diaryl/α,β-unsaturated/α-hetero) is 1. The maximum Gasteiger partial charge on any atom is 0.239 e. The molecule has 1 aromatic heterocycles. The highest BCUT2D eigenvalue weighted by Crippen LogP contribution is 2.33. The molecule has 1 aliphatic heterocycles. The van der Waals surface area contributed by atoms with Crippen molar-refractivity contribution >= 4 is 28.7 Å². The Bertz CT molecular complexity index is 604. The van der Waals surface area contributed by atoms with Gasteiger partial charge in [-0.1, -0.05) is 24.3 Å². The Hall–Kier alpha value is -1.94. The van der Waals surface area contributed by atoms with E-state index in [1.54, 1.807) is 11.3 Å². The van der Waals surface area contributed by atoms with Gasteiger partial charge in [-0.05, 0) is 23.1 Å². The van der Waals surface area contributed by atoms with Crippen molar-refractivity contribution in [1.29, 1.82) is 0 Å². The van der Waals surface area contributed by atoms with E-state index in [0.29, 0.717) is 6.42 Å². The van der Waals surface area contributed by atoms with Crippen LogP contribution in [0.5, 0.6) is 0 Å². The first-order valence-electron chi connectivity index (χ1n) is 5.70. The highest BCUT2D eigenvalue weighted by atomic mass is 32.1. The summed E-state index contributed by atoms with van der Waals surface area (Å²) in [7, 11) is 0. The molecule has 0 saturated heterocycles. The molecule has 3 rings (SSSR count). The van der Waals surface area contributed by atoms with Crippen LogP contribution in [-0.2, 0) is 16.0 Å². The first-order valence-corrected chi connectivity index (χ1v) is 6.58. The third-order valence-corrected chi connectivity index (χ3v) is 3.92. The van der Waals surface area contributed by atoms with Gasteiger partial charge in [-0.3, -0.25) is 9.59 Å². The number of amides is 1.